The first-order valence-corrected chi connectivity index (χ1v) is 8.49. The van der Waals surface area contributed by atoms with Crippen LogP contribution in [0.3, 0.4) is 0 Å². The third kappa shape index (κ3) is 4.31. The molecule has 3 N–H and O–H groups in total. The third-order valence-electron chi connectivity index (χ3n) is 4.60. The summed E-state index contributed by atoms with van der Waals surface area (Å²) in [6.45, 7) is 6.96. The maximum Gasteiger partial charge on any atom is 0.236 e. The molecule has 0 aliphatic carbocycles. The van der Waals surface area contributed by atoms with E-state index >= 15 is 0 Å². The van der Waals surface area contributed by atoms with Gasteiger partial charge in [-0.2, -0.15) is 0 Å². The molecule has 2 rings (SSSR count). The van der Waals surface area contributed by atoms with Gasteiger partial charge in [0.05, 0.1) is 6.04 Å². The average molecular weight is 303 g/mol. The van der Waals surface area contributed by atoms with Crippen molar-refractivity contribution in [1.29, 1.82) is 0 Å². The number of nitrogens with zero attached hydrogens (tertiary/aromatic N) is 1. The molecule has 2 unspecified atom stereocenters. The number of carbonyl (C=O) groups excluding carboxylic acids is 1. The predicted octanol–water partition coefficient (Wildman–Crippen LogP) is 2.07. The van der Waals surface area contributed by atoms with E-state index in [1.54, 1.807) is 0 Å². The standard InChI is InChI=1S/C18H29N3O/c1-3-7-17(19)18(22)20-12-16(4-2)21-11-10-14-8-5-6-9-15(14)13-21/h5-6,8-9,16-17H,3-4,7,10-13,19H2,1-2H3,(H,20,22). The summed E-state index contributed by atoms with van der Waals surface area (Å²) < 4.78 is 0. The summed E-state index contributed by atoms with van der Waals surface area (Å²) in [4.78, 5) is 14.5. The van der Waals surface area contributed by atoms with Crippen LogP contribution in [0.2, 0.25) is 0 Å². The number of hydrogen-bond donors (Lipinski definition) is 2. The van der Waals surface area contributed by atoms with Gasteiger partial charge in [0.25, 0.3) is 0 Å². The normalized spacial score (nSPS) is 17.6. The molecule has 1 aromatic rings. The number of carbonyl (C=O) groups is 1. The SMILES string of the molecule is CCCC(N)C(=O)NCC(CC)N1CCc2ccccc2C1. The minimum Gasteiger partial charge on any atom is -0.353 e. The van der Waals surface area contributed by atoms with E-state index in [2.05, 4.69) is 41.4 Å². The number of fused-ring (bicyclic) bond motifs is 1. The smallest absolute Gasteiger partial charge is 0.236 e. The van der Waals surface area contributed by atoms with Crippen molar-refractivity contribution in [2.75, 3.05) is 13.1 Å². The van der Waals surface area contributed by atoms with E-state index in [1.807, 2.05) is 6.92 Å². The number of nitrogens with one attached hydrogen (secondary N) is 1. The molecule has 4 heteroatoms. The van der Waals surface area contributed by atoms with Gasteiger partial charge in [-0.25, -0.2) is 0 Å². The molecule has 2 atom stereocenters. The van der Waals surface area contributed by atoms with Gasteiger partial charge in [-0.1, -0.05) is 44.5 Å². The fraction of sp³-hybridized carbons (Fsp3) is 0.611. The lowest BCUT2D eigenvalue weighted by Gasteiger charge is -2.35. The van der Waals surface area contributed by atoms with Crippen LogP contribution in [0.25, 0.3) is 0 Å². The van der Waals surface area contributed by atoms with Crippen LogP contribution in [-0.4, -0.2) is 36.0 Å². The van der Waals surface area contributed by atoms with Crippen molar-refractivity contribution in [3.63, 3.8) is 0 Å². The van der Waals surface area contributed by atoms with Crippen molar-refractivity contribution in [1.82, 2.24) is 10.2 Å². The molecule has 0 saturated heterocycles. The van der Waals surface area contributed by atoms with Gasteiger partial charge in [0.15, 0.2) is 0 Å². The fourth-order valence-electron chi connectivity index (χ4n) is 3.15. The van der Waals surface area contributed by atoms with Crippen molar-refractivity contribution in [2.45, 2.75) is 58.2 Å². The number of amides is 1. The van der Waals surface area contributed by atoms with Crippen LogP contribution in [-0.2, 0) is 17.8 Å². The molecule has 1 aromatic carbocycles. The Morgan fingerprint density at radius 1 is 1.32 bits per heavy atom. The van der Waals surface area contributed by atoms with E-state index in [4.69, 9.17) is 5.73 Å². The largest absolute Gasteiger partial charge is 0.353 e. The number of nitrogens with two attached hydrogens (primary N) is 1. The molecular formula is C18H29N3O. The molecule has 0 bridgehead atoms. The van der Waals surface area contributed by atoms with Crippen LogP contribution >= 0.6 is 0 Å². The Labute approximate surface area is 134 Å². The van der Waals surface area contributed by atoms with Gasteiger partial charge < -0.3 is 11.1 Å². The topological polar surface area (TPSA) is 58.4 Å². The second kappa shape index (κ2) is 8.30. The van der Waals surface area contributed by atoms with Crippen LogP contribution in [0.5, 0.6) is 0 Å². The number of benzene rings is 1. The number of hydrogen-bond acceptors (Lipinski definition) is 3. The van der Waals surface area contributed by atoms with E-state index in [0.29, 0.717) is 12.6 Å². The van der Waals surface area contributed by atoms with Gasteiger partial charge in [-0.3, -0.25) is 9.69 Å². The molecule has 1 aliphatic rings. The van der Waals surface area contributed by atoms with Gasteiger partial charge >= 0.3 is 0 Å². The van der Waals surface area contributed by atoms with Crippen molar-refractivity contribution < 1.29 is 4.79 Å². The summed E-state index contributed by atoms with van der Waals surface area (Å²) in [5.41, 5.74) is 8.75. The van der Waals surface area contributed by atoms with Crippen LogP contribution < -0.4 is 11.1 Å². The Morgan fingerprint density at radius 3 is 2.73 bits per heavy atom. The molecule has 0 saturated carbocycles. The maximum atomic E-state index is 12.0. The molecule has 0 radical (unpaired) electrons. The lowest BCUT2D eigenvalue weighted by Crippen LogP contribution is -2.49. The molecule has 22 heavy (non-hydrogen) atoms. The highest BCUT2D eigenvalue weighted by atomic mass is 16.2. The predicted molar refractivity (Wildman–Crippen MR) is 90.5 cm³/mol. The fourth-order valence-corrected chi connectivity index (χ4v) is 3.15. The molecule has 122 valence electrons. The minimum atomic E-state index is -0.371. The number of rotatable bonds is 7. The van der Waals surface area contributed by atoms with Crippen LogP contribution in [0.15, 0.2) is 24.3 Å². The van der Waals surface area contributed by atoms with Gasteiger partial charge in [0.2, 0.25) is 5.91 Å². The molecule has 1 amide bonds. The van der Waals surface area contributed by atoms with Crippen molar-refractivity contribution in [3.8, 4) is 0 Å². The van der Waals surface area contributed by atoms with Crippen LogP contribution in [0.4, 0.5) is 0 Å². The summed E-state index contributed by atoms with van der Waals surface area (Å²) in [5, 5.41) is 3.03. The Balaban J connectivity index is 1.89. The highest BCUT2D eigenvalue weighted by Gasteiger charge is 2.23. The Hall–Kier alpha value is -1.39. The average Bonchev–Trinajstić information content (AvgIpc) is 2.55. The molecular weight excluding hydrogens is 274 g/mol. The molecule has 0 fully saturated rings. The molecule has 0 spiro atoms. The van der Waals surface area contributed by atoms with E-state index in [1.165, 1.54) is 11.1 Å². The van der Waals surface area contributed by atoms with Crippen molar-refractivity contribution >= 4 is 5.91 Å². The molecule has 4 nitrogen and oxygen atoms in total. The summed E-state index contributed by atoms with van der Waals surface area (Å²) in [6.07, 6.45) is 3.82. The zero-order valence-corrected chi connectivity index (χ0v) is 13.8. The van der Waals surface area contributed by atoms with E-state index in [-0.39, 0.29) is 11.9 Å². The first kappa shape index (κ1) is 17.0. The molecule has 1 heterocycles. The summed E-state index contributed by atoms with van der Waals surface area (Å²) in [5.74, 6) is -0.0160. The van der Waals surface area contributed by atoms with Crippen LogP contribution in [0, 0.1) is 0 Å². The summed E-state index contributed by atoms with van der Waals surface area (Å²) >= 11 is 0. The van der Waals surface area contributed by atoms with Gasteiger partial charge in [-0.05, 0) is 30.4 Å². The third-order valence-corrected chi connectivity index (χ3v) is 4.60. The van der Waals surface area contributed by atoms with Crippen molar-refractivity contribution in [3.05, 3.63) is 35.4 Å². The summed E-state index contributed by atoms with van der Waals surface area (Å²) in [6, 6.07) is 8.66. The van der Waals surface area contributed by atoms with E-state index < -0.39 is 0 Å². The quantitative estimate of drug-likeness (QED) is 0.811. The Kier molecular flexibility index (Phi) is 6.40. The van der Waals surface area contributed by atoms with Crippen molar-refractivity contribution in [2.24, 2.45) is 5.73 Å². The molecule has 0 aromatic heterocycles. The Bertz CT molecular complexity index is 489. The zero-order valence-electron chi connectivity index (χ0n) is 13.8. The lowest BCUT2D eigenvalue weighted by atomic mass is 9.98. The Morgan fingerprint density at radius 2 is 2.05 bits per heavy atom. The second-order valence-corrected chi connectivity index (χ2v) is 6.19. The van der Waals surface area contributed by atoms with Gasteiger partial charge in [-0.15, -0.1) is 0 Å². The monoisotopic (exact) mass is 303 g/mol. The van der Waals surface area contributed by atoms with Gasteiger partial charge in [0, 0.05) is 25.7 Å². The highest BCUT2D eigenvalue weighted by molar-refractivity contribution is 5.81. The van der Waals surface area contributed by atoms with Crippen LogP contribution in [0.1, 0.15) is 44.2 Å². The zero-order chi connectivity index (χ0) is 15.9. The molecule has 1 aliphatic heterocycles. The first-order chi connectivity index (χ1) is 10.7. The minimum absolute atomic E-state index is 0.0160. The van der Waals surface area contributed by atoms with E-state index in [9.17, 15) is 4.79 Å². The maximum absolute atomic E-state index is 12.0. The first-order valence-electron chi connectivity index (χ1n) is 8.49. The van der Waals surface area contributed by atoms with E-state index in [0.717, 1.165) is 38.8 Å². The summed E-state index contributed by atoms with van der Waals surface area (Å²) in [7, 11) is 0. The van der Waals surface area contributed by atoms with Gasteiger partial charge in [0.1, 0.15) is 0 Å². The second-order valence-electron chi connectivity index (χ2n) is 6.19. The highest BCUT2D eigenvalue weighted by Crippen LogP contribution is 2.21. The lowest BCUT2D eigenvalue weighted by molar-refractivity contribution is -0.122.